The molecule has 2 aromatic carbocycles. The minimum Gasteiger partial charge on any atom is -0.396 e. The average Bonchev–Trinajstić information content (AvgIpc) is 2.40. The van der Waals surface area contributed by atoms with Crippen molar-refractivity contribution in [1.82, 2.24) is 0 Å². The van der Waals surface area contributed by atoms with Crippen LogP contribution < -0.4 is 4.72 Å². The topological polar surface area (TPSA) is 66.4 Å². The molecule has 0 saturated carbocycles. The maximum absolute atomic E-state index is 13.1. The molecule has 2 N–H and O–H groups in total. The number of nitrogens with one attached hydrogen (secondary N) is 1. The van der Waals surface area contributed by atoms with Crippen LogP contribution >= 0.6 is 0 Å². The molecular formula is C14H13F2NO3S. The van der Waals surface area contributed by atoms with Crippen molar-refractivity contribution in [2.75, 3.05) is 11.3 Å². The second kappa shape index (κ2) is 6.19. The Balaban J connectivity index is 2.24. The van der Waals surface area contributed by atoms with Gasteiger partial charge in [0.05, 0.1) is 4.90 Å². The molecule has 21 heavy (non-hydrogen) atoms. The summed E-state index contributed by atoms with van der Waals surface area (Å²) in [6.45, 7) is -0.00631. The second-order valence-electron chi connectivity index (χ2n) is 4.38. The molecular weight excluding hydrogens is 300 g/mol. The van der Waals surface area contributed by atoms with Gasteiger partial charge in [-0.15, -0.1) is 0 Å². The third-order valence-electron chi connectivity index (χ3n) is 2.75. The van der Waals surface area contributed by atoms with Gasteiger partial charge in [0.2, 0.25) is 0 Å². The van der Waals surface area contributed by atoms with Crippen molar-refractivity contribution in [2.24, 2.45) is 0 Å². The molecule has 0 aromatic heterocycles. The van der Waals surface area contributed by atoms with E-state index in [0.29, 0.717) is 12.5 Å². The van der Waals surface area contributed by atoms with Crippen molar-refractivity contribution < 1.29 is 22.3 Å². The summed E-state index contributed by atoms with van der Waals surface area (Å²) in [5.41, 5.74) is 1.11. The van der Waals surface area contributed by atoms with E-state index in [1.807, 2.05) is 0 Å². The molecule has 0 radical (unpaired) electrons. The first-order chi connectivity index (χ1) is 9.90. The number of halogens is 2. The molecule has 112 valence electrons. The predicted octanol–water partition coefficient (Wildman–Crippen LogP) is 2.30. The summed E-state index contributed by atoms with van der Waals surface area (Å²) in [4.78, 5) is -0.487. The van der Waals surface area contributed by atoms with E-state index in [4.69, 9.17) is 5.11 Å². The highest BCUT2D eigenvalue weighted by atomic mass is 32.2. The van der Waals surface area contributed by atoms with Crippen LogP contribution in [0.2, 0.25) is 0 Å². The first kappa shape index (κ1) is 15.4. The van der Waals surface area contributed by atoms with Crippen LogP contribution in [0.25, 0.3) is 0 Å². The van der Waals surface area contributed by atoms with Gasteiger partial charge in [-0.25, -0.2) is 17.2 Å². The summed E-state index contributed by atoms with van der Waals surface area (Å²) < 4.78 is 52.5. The molecule has 0 spiro atoms. The van der Waals surface area contributed by atoms with Gasteiger partial charge < -0.3 is 5.11 Å². The van der Waals surface area contributed by atoms with Crippen molar-refractivity contribution in [2.45, 2.75) is 11.3 Å². The van der Waals surface area contributed by atoms with Crippen LogP contribution in [0, 0.1) is 11.6 Å². The van der Waals surface area contributed by atoms with E-state index in [0.717, 1.165) is 17.7 Å². The van der Waals surface area contributed by atoms with Crippen LogP contribution in [0.3, 0.4) is 0 Å². The zero-order valence-corrected chi connectivity index (χ0v) is 11.7. The molecule has 0 aliphatic heterocycles. The smallest absolute Gasteiger partial charge is 0.262 e. The molecule has 0 heterocycles. The summed E-state index contributed by atoms with van der Waals surface area (Å²) in [6, 6.07) is 8.41. The molecule has 7 heteroatoms. The summed E-state index contributed by atoms with van der Waals surface area (Å²) in [5.74, 6) is -1.93. The summed E-state index contributed by atoms with van der Waals surface area (Å²) in [5, 5.41) is 8.79. The maximum atomic E-state index is 13.1. The Morgan fingerprint density at radius 2 is 1.57 bits per heavy atom. The Labute approximate surface area is 121 Å². The maximum Gasteiger partial charge on any atom is 0.262 e. The number of anilines is 1. The molecule has 2 rings (SSSR count). The third kappa shape index (κ3) is 3.99. The standard InChI is InChI=1S/C14H13F2NO3S/c15-11-7-12(16)9-14(8-11)21(19,20)17-13-3-1-10(2-4-13)5-6-18/h1-4,7-9,17-18H,5-6H2. The predicted molar refractivity (Wildman–Crippen MR) is 74.4 cm³/mol. The number of aliphatic hydroxyl groups excluding tert-OH is 1. The highest BCUT2D eigenvalue weighted by Gasteiger charge is 2.16. The second-order valence-corrected chi connectivity index (χ2v) is 6.06. The fraction of sp³-hybridized carbons (Fsp3) is 0.143. The molecule has 0 atom stereocenters. The Morgan fingerprint density at radius 3 is 2.10 bits per heavy atom. The van der Waals surface area contributed by atoms with Gasteiger partial charge in [-0.05, 0) is 36.2 Å². The fourth-order valence-corrected chi connectivity index (χ4v) is 2.87. The Bertz CT molecular complexity index is 710. The quantitative estimate of drug-likeness (QED) is 0.890. The fourth-order valence-electron chi connectivity index (χ4n) is 1.77. The van der Waals surface area contributed by atoms with Gasteiger partial charge in [0, 0.05) is 18.4 Å². The summed E-state index contributed by atoms with van der Waals surface area (Å²) in [7, 11) is -4.06. The third-order valence-corrected chi connectivity index (χ3v) is 4.11. The van der Waals surface area contributed by atoms with Gasteiger partial charge in [-0.1, -0.05) is 12.1 Å². The van der Waals surface area contributed by atoms with E-state index < -0.39 is 26.6 Å². The molecule has 0 fully saturated rings. The number of sulfonamides is 1. The van der Waals surface area contributed by atoms with Gasteiger partial charge in [0.25, 0.3) is 10.0 Å². The molecule has 2 aromatic rings. The summed E-state index contributed by atoms with van der Waals surface area (Å²) in [6.07, 6.45) is 0.460. The molecule has 0 unspecified atom stereocenters. The average molecular weight is 313 g/mol. The van der Waals surface area contributed by atoms with E-state index in [-0.39, 0.29) is 12.3 Å². The Morgan fingerprint density at radius 1 is 1.00 bits per heavy atom. The molecule has 0 aliphatic rings. The van der Waals surface area contributed by atoms with E-state index in [2.05, 4.69) is 4.72 Å². The Kier molecular flexibility index (Phi) is 4.54. The van der Waals surface area contributed by atoms with Gasteiger partial charge in [-0.3, -0.25) is 4.72 Å². The van der Waals surface area contributed by atoms with Gasteiger partial charge >= 0.3 is 0 Å². The van der Waals surface area contributed by atoms with Crippen molar-refractivity contribution in [1.29, 1.82) is 0 Å². The zero-order valence-electron chi connectivity index (χ0n) is 10.9. The van der Waals surface area contributed by atoms with Crippen molar-refractivity contribution >= 4 is 15.7 Å². The van der Waals surface area contributed by atoms with E-state index in [1.54, 1.807) is 12.1 Å². The first-order valence-electron chi connectivity index (χ1n) is 6.09. The monoisotopic (exact) mass is 313 g/mol. The zero-order chi connectivity index (χ0) is 15.5. The normalized spacial score (nSPS) is 11.4. The summed E-state index contributed by atoms with van der Waals surface area (Å²) >= 11 is 0. The molecule has 0 amide bonds. The van der Waals surface area contributed by atoms with Crippen LogP contribution in [0.4, 0.5) is 14.5 Å². The van der Waals surface area contributed by atoms with Crippen molar-refractivity contribution in [3.05, 3.63) is 59.7 Å². The van der Waals surface area contributed by atoms with Crippen LogP contribution in [0.5, 0.6) is 0 Å². The lowest BCUT2D eigenvalue weighted by molar-refractivity contribution is 0.299. The van der Waals surface area contributed by atoms with Gasteiger partial charge in [0.1, 0.15) is 11.6 Å². The van der Waals surface area contributed by atoms with Crippen LogP contribution in [-0.2, 0) is 16.4 Å². The molecule has 0 bridgehead atoms. The lowest BCUT2D eigenvalue weighted by Crippen LogP contribution is -2.13. The number of benzene rings is 2. The first-order valence-corrected chi connectivity index (χ1v) is 7.58. The number of aliphatic hydroxyl groups is 1. The largest absolute Gasteiger partial charge is 0.396 e. The van der Waals surface area contributed by atoms with Crippen LogP contribution in [0.1, 0.15) is 5.56 Å². The van der Waals surface area contributed by atoms with Crippen molar-refractivity contribution in [3.8, 4) is 0 Å². The minimum absolute atomic E-state index is 0.00631. The van der Waals surface area contributed by atoms with E-state index in [9.17, 15) is 17.2 Å². The van der Waals surface area contributed by atoms with Crippen LogP contribution in [0.15, 0.2) is 47.4 Å². The van der Waals surface area contributed by atoms with E-state index >= 15 is 0 Å². The lowest BCUT2D eigenvalue weighted by Gasteiger charge is -2.09. The Hall–Kier alpha value is -1.99. The highest BCUT2D eigenvalue weighted by Crippen LogP contribution is 2.18. The molecule has 4 nitrogen and oxygen atoms in total. The molecule has 0 aliphatic carbocycles. The lowest BCUT2D eigenvalue weighted by atomic mass is 10.1. The van der Waals surface area contributed by atoms with Gasteiger partial charge in [-0.2, -0.15) is 0 Å². The number of rotatable bonds is 5. The minimum atomic E-state index is -4.06. The van der Waals surface area contributed by atoms with Gasteiger partial charge in [0.15, 0.2) is 0 Å². The van der Waals surface area contributed by atoms with E-state index in [1.165, 1.54) is 12.1 Å². The van der Waals surface area contributed by atoms with Crippen molar-refractivity contribution in [3.63, 3.8) is 0 Å². The van der Waals surface area contributed by atoms with Crippen LogP contribution in [-0.4, -0.2) is 20.1 Å². The number of hydrogen-bond acceptors (Lipinski definition) is 3. The number of hydrogen-bond donors (Lipinski definition) is 2. The highest BCUT2D eigenvalue weighted by molar-refractivity contribution is 7.92. The SMILES string of the molecule is O=S(=O)(Nc1ccc(CCO)cc1)c1cc(F)cc(F)c1. The molecule has 0 saturated heterocycles.